The van der Waals surface area contributed by atoms with E-state index >= 15 is 0 Å². The highest BCUT2D eigenvalue weighted by Gasteiger charge is 2.10. The number of rotatable bonds is 21. The molecule has 0 atom stereocenters. The quantitative estimate of drug-likeness (QED) is 0.149. The summed E-state index contributed by atoms with van der Waals surface area (Å²) in [6.45, 7) is 8.37. The van der Waals surface area contributed by atoms with E-state index in [1.165, 1.54) is 89.9 Å². The van der Waals surface area contributed by atoms with Gasteiger partial charge in [-0.1, -0.05) is 111 Å². The molecule has 0 rings (SSSR count). The van der Waals surface area contributed by atoms with Crippen molar-refractivity contribution in [2.75, 3.05) is 13.1 Å². The number of nitrogens with zero attached hydrogens (tertiary/aromatic N) is 1. The second-order valence-corrected chi connectivity index (χ2v) is 8.09. The third-order valence-electron chi connectivity index (χ3n) is 5.21. The van der Waals surface area contributed by atoms with E-state index in [2.05, 4.69) is 13.8 Å². The molecule has 0 unspecified atom stereocenters. The minimum atomic E-state index is -0.0587. The van der Waals surface area contributed by atoms with Gasteiger partial charge in [0, 0.05) is 19.5 Å². The molecule has 0 fully saturated rings. The molecule has 0 aliphatic rings. The number of unbranched alkanes of at least 4 members (excludes halogenated alkanes) is 14. The van der Waals surface area contributed by atoms with Crippen LogP contribution in [0.4, 0.5) is 0 Å². The Morgan fingerprint density at radius 3 is 1.30 bits per heavy atom. The Kier molecular flexibility index (Phi) is 21.3. The smallest absolute Gasteiger partial charge is 0.325 e. The highest BCUT2D eigenvalue weighted by Crippen LogP contribution is 2.12. The Morgan fingerprint density at radius 1 is 0.556 bits per heavy atom. The lowest BCUT2D eigenvalue weighted by Crippen LogP contribution is -2.29. The largest absolute Gasteiger partial charge is 0.368 e. The Balaban J connectivity index is 3.82. The average Bonchev–Trinajstić information content (AvgIpc) is 2.66. The van der Waals surface area contributed by atoms with Crippen molar-refractivity contribution in [3.05, 3.63) is 0 Å². The molecule has 27 heavy (non-hydrogen) atoms. The van der Waals surface area contributed by atoms with Gasteiger partial charge in [0.1, 0.15) is 0 Å². The van der Waals surface area contributed by atoms with Crippen LogP contribution in [0.2, 0.25) is 0 Å². The van der Waals surface area contributed by atoms with Crippen molar-refractivity contribution < 1.29 is 9.63 Å². The predicted octanol–water partition coefficient (Wildman–Crippen LogP) is 7.83. The van der Waals surface area contributed by atoms with Gasteiger partial charge in [0.05, 0.1) is 0 Å². The van der Waals surface area contributed by atoms with Crippen LogP contribution in [0.5, 0.6) is 0 Å². The van der Waals surface area contributed by atoms with E-state index in [0.717, 1.165) is 32.4 Å². The summed E-state index contributed by atoms with van der Waals surface area (Å²) >= 11 is 0. The molecule has 0 N–H and O–H groups in total. The maximum absolute atomic E-state index is 11.9. The molecular formula is C24H49NO2. The van der Waals surface area contributed by atoms with Crippen LogP contribution in [-0.2, 0) is 9.63 Å². The average molecular weight is 384 g/mol. The van der Waals surface area contributed by atoms with Crippen molar-refractivity contribution in [1.29, 1.82) is 0 Å². The molecular weight excluding hydrogens is 334 g/mol. The molecule has 0 aromatic carbocycles. The van der Waals surface area contributed by atoms with Gasteiger partial charge in [-0.05, 0) is 19.3 Å². The zero-order chi connectivity index (χ0) is 20.0. The van der Waals surface area contributed by atoms with Crippen LogP contribution < -0.4 is 0 Å². The first-order valence-electron chi connectivity index (χ1n) is 12.2. The second kappa shape index (κ2) is 21.7. The van der Waals surface area contributed by atoms with Crippen molar-refractivity contribution in [2.45, 2.75) is 136 Å². The number of carbonyl (C=O) groups excluding carboxylic acids is 1. The van der Waals surface area contributed by atoms with Gasteiger partial charge in [0.25, 0.3) is 0 Å². The first-order chi connectivity index (χ1) is 13.2. The molecule has 0 saturated carbocycles. The summed E-state index contributed by atoms with van der Waals surface area (Å²) in [6.07, 6.45) is 22.4. The standard InChI is InChI=1S/C24H49NO2/c1-4-7-9-11-13-15-17-19-22-25(27-24(26)21-6-3)23-20-18-16-14-12-10-8-5-2/h4-23H2,1-3H3. The maximum atomic E-state index is 11.9. The molecule has 0 bridgehead atoms. The lowest BCUT2D eigenvalue weighted by molar-refractivity contribution is -0.191. The number of hydrogen-bond donors (Lipinski definition) is 0. The molecule has 0 aromatic heterocycles. The highest BCUT2D eigenvalue weighted by molar-refractivity contribution is 5.68. The lowest BCUT2D eigenvalue weighted by Gasteiger charge is -2.21. The lowest BCUT2D eigenvalue weighted by atomic mass is 10.1. The van der Waals surface area contributed by atoms with Crippen LogP contribution in [0.25, 0.3) is 0 Å². The van der Waals surface area contributed by atoms with Crippen LogP contribution in [0.3, 0.4) is 0 Å². The van der Waals surface area contributed by atoms with Crippen LogP contribution in [-0.4, -0.2) is 24.1 Å². The molecule has 0 aromatic rings. The van der Waals surface area contributed by atoms with E-state index in [1.807, 2.05) is 12.0 Å². The van der Waals surface area contributed by atoms with Gasteiger partial charge >= 0.3 is 5.97 Å². The molecule has 0 heterocycles. The summed E-state index contributed by atoms with van der Waals surface area (Å²) < 4.78 is 0. The maximum Gasteiger partial charge on any atom is 0.325 e. The van der Waals surface area contributed by atoms with E-state index in [-0.39, 0.29) is 5.97 Å². The van der Waals surface area contributed by atoms with E-state index in [1.54, 1.807) is 0 Å². The normalized spacial score (nSPS) is 11.3. The van der Waals surface area contributed by atoms with Gasteiger partial charge in [0.2, 0.25) is 0 Å². The Morgan fingerprint density at radius 2 is 0.926 bits per heavy atom. The van der Waals surface area contributed by atoms with E-state index in [9.17, 15) is 4.79 Å². The minimum Gasteiger partial charge on any atom is -0.368 e. The summed E-state index contributed by atoms with van der Waals surface area (Å²) in [7, 11) is 0. The SMILES string of the molecule is CCCCCCCCCCN(CCCCCCCCCC)OC(=O)CCC. The van der Waals surface area contributed by atoms with E-state index < -0.39 is 0 Å². The zero-order valence-corrected chi connectivity index (χ0v) is 18.9. The van der Waals surface area contributed by atoms with Crippen LogP contribution in [0.15, 0.2) is 0 Å². The highest BCUT2D eigenvalue weighted by atomic mass is 16.7. The number of hydrogen-bond acceptors (Lipinski definition) is 3. The topological polar surface area (TPSA) is 29.5 Å². The van der Waals surface area contributed by atoms with Gasteiger partial charge in [-0.3, -0.25) is 4.79 Å². The Labute approximate surface area is 170 Å². The monoisotopic (exact) mass is 383 g/mol. The van der Waals surface area contributed by atoms with Gasteiger partial charge in [0.15, 0.2) is 0 Å². The van der Waals surface area contributed by atoms with Crippen molar-refractivity contribution in [1.82, 2.24) is 5.06 Å². The third kappa shape index (κ3) is 20.0. The minimum absolute atomic E-state index is 0.0587. The molecule has 0 aliphatic heterocycles. The van der Waals surface area contributed by atoms with Gasteiger partial charge in [-0.25, -0.2) is 0 Å². The molecule has 0 aliphatic carbocycles. The molecule has 0 amide bonds. The zero-order valence-electron chi connectivity index (χ0n) is 18.9. The fraction of sp³-hybridized carbons (Fsp3) is 0.958. The first-order valence-corrected chi connectivity index (χ1v) is 12.2. The summed E-state index contributed by atoms with van der Waals surface area (Å²) in [6, 6.07) is 0. The van der Waals surface area contributed by atoms with Crippen molar-refractivity contribution in [3.8, 4) is 0 Å². The molecule has 0 spiro atoms. The van der Waals surface area contributed by atoms with Crippen molar-refractivity contribution in [3.63, 3.8) is 0 Å². The first kappa shape index (κ1) is 26.4. The van der Waals surface area contributed by atoms with Gasteiger partial charge < -0.3 is 4.84 Å². The molecule has 0 radical (unpaired) electrons. The molecule has 0 saturated heterocycles. The summed E-state index contributed by atoms with van der Waals surface area (Å²) in [4.78, 5) is 17.5. The molecule has 162 valence electrons. The van der Waals surface area contributed by atoms with E-state index in [4.69, 9.17) is 4.84 Å². The molecule has 3 heteroatoms. The fourth-order valence-electron chi connectivity index (χ4n) is 3.44. The summed E-state index contributed by atoms with van der Waals surface area (Å²) in [5.41, 5.74) is 0. The molecule has 3 nitrogen and oxygen atoms in total. The Bertz CT molecular complexity index is 287. The van der Waals surface area contributed by atoms with Crippen LogP contribution >= 0.6 is 0 Å². The Hall–Kier alpha value is -0.570. The second-order valence-electron chi connectivity index (χ2n) is 8.09. The summed E-state index contributed by atoms with van der Waals surface area (Å²) in [5.74, 6) is -0.0587. The van der Waals surface area contributed by atoms with Gasteiger partial charge in [-0.2, -0.15) is 0 Å². The van der Waals surface area contributed by atoms with E-state index in [0.29, 0.717) is 6.42 Å². The number of carbonyl (C=O) groups is 1. The van der Waals surface area contributed by atoms with Crippen molar-refractivity contribution >= 4 is 5.97 Å². The van der Waals surface area contributed by atoms with Gasteiger partial charge in [-0.15, -0.1) is 5.06 Å². The van der Waals surface area contributed by atoms with Crippen LogP contribution in [0.1, 0.15) is 136 Å². The summed E-state index contributed by atoms with van der Waals surface area (Å²) in [5, 5.41) is 1.95. The van der Waals surface area contributed by atoms with Crippen LogP contribution in [0, 0.1) is 0 Å². The fourth-order valence-corrected chi connectivity index (χ4v) is 3.44. The predicted molar refractivity (Wildman–Crippen MR) is 118 cm³/mol. The number of hydroxylamine groups is 2. The van der Waals surface area contributed by atoms with Crippen molar-refractivity contribution in [2.24, 2.45) is 0 Å². The third-order valence-corrected chi connectivity index (χ3v) is 5.21.